The molecule has 1 saturated carbocycles. The molecule has 0 spiro atoms. The number of nitrogens with zero attached hydrogens (tertiary/aromatic N) is 1. The molecule has 0 bridgehead atoms. The van der Waals surface area contributed by atoms with E-state index in [0.29, 0.717) is 16.9 Å². The molecule has 1 atom stereocenters. The Hall–Kier alpha value is -0.680. The lowest BCUT2D eigenvalue weighted by Gasteiger charge is -2.44. The van der Waals surface area contributed by atoms with Gasteiger partial charge in [0.05, 0.1) is 10.4 Å². The summed E-state index contributed by atoms with van der Waals surface area (Å²) in [5, 5.41) is 3.09. The Labute approximate surface area is 121 Å². The molecule has 0 aromatic rings. The second-order valence-corrected chi connectivity index (χ2v) is 6.53. The SMILES string of the molecule is CCN1CCCC1CNC(=O)C1(C(N)=S)CC(C)C1. The van der Waals surface area contributed by atoms with Gasteiger partial charge >= 0.3 is 0 Å². The minimum atomic E-state index is -0.565. The van der Waals surface area contributed by atoms with E-state index in [1.54, 1.807) is 0 Å². The Balaban J connectivity index is 1.88. The summed E-state index contributed by atoms with van der Waals surface area (Å²) in [6.07, 6.45) is 4.00. The minimum absolute atomic E-state index is 0.0426. The molecular weight excluding hydrogens is 258 g/mol. The number of amides is 1. The van der Waals surface area contributed by atoms with Gasteiger partial charge in [0.2, 0.25) is 5.91 Å². The molecule has 2 fully saturated rings. The number of likely N-dealkylation sites (N-methyl/N-ethyl adjacent to an activating group) is 1. The second kappa shape index (κ2) is 5.75. The largest absolute Gasteiger partial charge is 0.392 e. The van der Waals surface area contributed by atoms with Crippen LogP contribution in [0, 0.1) is 11.3 Å². The lowest BCUT2D eigenvalue weighted by molar-refractivity contribution is -0.133. The van der Waals surface area contributed by atoms with E-state index in [2.05, 4.69) is 24.1 Å². The Morgan fingerprint density at radius 3 is 2.74 bits per heavy atom. The van der Waals surface area contributed by atoms with Gasteiger partial charge in [0.15, 0.2) is 0 Å². The maximum Gasteiger partial charge on any atom is 0.233 e. The summed E-state index contributed by atoms with van der Waals surface area (Å²) in [7, 11) is 0. The molecule has 1 amide bonds. The predicted molar refractivity (Wildman–Crippen MR) is 80.9 cm³/mol. The summed E-state index contributed by atoms with van der Waals surface area (Å²) in [4.78, 5) is 15.2. The Morgan fingerprint density at radius 1 is 1.53 bits per heavy atom. The first-order valence-electron chi connectivity index (χ1n) is 7.32. The van der Waals surface area contributed by atoms with Crippen LogP contribution < -0.4 is 11.1 Å². The van der Waals surface area contributed by atoms with Gasteiger partial charge in [-0.05, 0) is 44.7 Å². The molecular formula is C14H25N3OS. The van der Waals surface area contributed by atoms with Gasteiger partial charge in [-0.25, -0.2) is 0 Å². The normalized spacial score (nSPS) is 34.8. The molecule has 108 valence electrons. The topological polar surface area (TPSA) is 58.4 Å². The van der Waals surface area contributed by atoms with Crippen LogP contribution in [-0.2, 0) is 4.79 Å². The number of hydrogen-bond acceptors (Lipinski definition) is 3. The van der Waals surface area contributed by atoms with Crippen LogP contribution in [-0.4, -0.2) is 41.5 Å². The van der Waals surface area contributed by atoms with Gasteiger partial charge in [0.1, 0.15) is 0 Å². The molecule has 3 N–H and O–H groups in total. The van der Waals surface area contributed by atoms with Crippen LogP contribution in [0.1, 0.15) is 39.5 Å². The maximum atomic E-state index is 12.4. The minimum Gasteiger partial charge on any atom is -0.392 e. The fraction of sp³-hybridized carbons (Fsp3) is 0.857. The number of carbonyl (C=O) groups excluding carboxylic acids is 1. The maximum absolute atomic E-state index is 12.4. The monoisotopic (exact) mass is 283 g/mol. The number of thiocarbonyl (C=S) groups is 1. The summed E-state index contributed by atoms with van der Waals surface area (Å²) in [5.41, 5.74) is 5.23. The Morgan fingerprint density at radius 2 is 2.21 bits per heavy atom. The van der Waals surface area contributed by atoms with Crippen LogP contribution in [0.4, 0.5) is 0 Å². The van der Waals surface area contributed by atoms with E-state index in [1.165, 1.54) is 12.8 Å². The summed E-state index contributed by atoms with van der Waals surface area (Å²) in [6.45, 7) is 7.24. The van der Waals surface area contributed by atoms with Crippen LogP contribution in [0.5, 0.6) is 0 Å². The van der Waals surface area contributed by atoms with Crippen molar-refractivity contribution in [3.63, 3.8) is 0 Å². The van der Waals surface area contributed by atoms with E-state index < -0.39 is 5.41 Å². The van der Waals surface area contributed by atoms with Crippen molar-refractivity contribution in [2.24, 2.45) is 17.1 Å². The van der Waals surface area contributed by atoms with Crippen molar-refractivity contribution in [3.8, 4) is 0 Å². The van der Waals surface area contributed by atoms with Gasteiger partial charge in [-0.1, -0.05) is 26.1 Å². The fourth-order valence-corrected chi connectivity index (χ4v) is 3.81. The highest BCUT2D eigenvalue weighted by molar-refractivity contribution is 7.80. The highest BCUT2D eigenvalue weighted by atomic mass is 32.1. The van der Waals surface area contributed by atoms with Crippen molar-refractivity contribution >= 4 is 23.1 Å². The molecule has 1 aliphatic heterocycles. The molecule has 1 unspecified atom stereocenters. The lowest BCUT2D eigenvalue weighted by Crippen LogP contribution is -2.57. The third-order valence-corrected chi connectivity index (χ3v) is 5.09. The van der Waals surface area contributed by atoms with Crippen LogP contribution in [0.15, 0.2) is 0 Å². The number of rotatable bonds is 5. The first-order chi connectivity index (χ1) is 8.99. The van der Waals surface area contributed by atoms with Crippen molar-refractivity contribution in [1.82, 2.24) is 10.2 Å². The number of carbonyl (C=O) groups is 1. The van der Waals surface area contributed by atoms with Crippen molar-refractivity contribution in [2.75, 3.05) is 19.6 Å². The number of hydrogen-bond donors (Lipinski definition) is 2. The summed E-state index contributed by atoms with van der Waals surface area (Å²) >= 11 is 5.11. The van der Waals surface area contributed by atoms with Crippen molar-refractivity contribution in [2.45, 2.75) is 45.6 Å². The van der Waals surface area contributed by atoms with Gasteiger partial charge in [0.25, 0.3) is 0 Å². The molecule has 1 aliphatic carbocycles. The first kappa shape index (κ1) is 14.7. The summed E-state index contributed by atoms with van der Waals surface area (Å²) in [6, 6.07) is 0.481. The van der Waals surface area contributed by atoms with Gasteiger partial charge in [-0.2, -0.15) is 0 Å². The molecule has 0 aromatic carbocycles. The van der Waals surface area contributed by atoms with Crippen LogP contribution >= 0.6 is 12.2 Å². The molecule has 2 rings (SSSR count). The average molecular weight is 283 g/mol. The number of likely N-dealkylation sites (tertiary alicyclic amines) is 1. The summed E-state index contributed by atoms with van der Waals surface area (Å²) in [5.74, 6) is 0.590. The fourth-order valence-electron chi connectivity index (χ4n) is 3.55. The predicted octanol–water partition coefficient (Wildman–Crippen LogP) is 1.29. The quantitative estimate of drug-likeness (QED) is 0.747. The summed E-state index contributed by atoms with van der Waals surface area (Å²) < 4.78 is 0. The molecule has 0 aromatic heterocycles. The van der Waals surface area contributed by atoms with E-state index in [0.717, 1.165) is 32.5 Å². The Kier molecular flexibility index (Phi) is 4.46. The number of nitrogens with two attached hydrogens (primary N) is 1. The number of nitrogens with one attached hydrogen (secondary N) is 1. The van der Waals surface area contributed by atoms with Gasteiger partial charge < -0.3 is 11.1 Å². The zero-order valence-electron chi connectivity index (χ0n) is 11.9. The van der Waals surface area contributed by atoms with E-state index in [4.69, 9.17) is 18.0 Å². The molecule has 19 heavy (non-hydrogen) atoms. The first-order valence-corrected chi connectivity index (χ1v) is 7.72. The van der Waals surface area contributed by atoms with E-state index in [9.17, 15) is 4.79 Å². The molecule has 0 radical (unpaired) electrons. The highest BCUT2D eigenvalue weighted by Crippen LogP contribution is 2.45. The Bertz CT molecular complexity index is 366. The van der Waals surface area contributed by atoms with E-state index in [1.807, 2.05) is 0 Å². The van der Waals surface area contributed by atoms with Crippen molar-refractivity contribution in [1.29, 1.82) is 0 Å². The van der Waals surface area contributed by atoms with E-state index >= 15 is 0 Å². The standard InChI is InChI=1S/C14H25N3OS/c1-3-17-6-4-5-11(17)9-16-13(18)14(12(15)19)7-10(2)8-14/h10-11H,3-9H2,1-2H3,(H2,15,19)(H,16,18). The third-order valence-electron chi connectivity index (χ3n) is 4.70. The van der Waals surface area contributed by atoms with Crippen molar-refractivity contribution in [3.05, 3.63) is 0 Å². The molecule has 2 aliphatic rings. The lowest BCUT2D eigenvalue weighted by atomic mass is 9.62. The second-order valence-electron chi connectivity index (χ2n) is 6.09. The molecule has 1 heterocycles. The van der Waals surface area contributed by atoms with Gasteiger partial charge in [-0.15, -0.1) is 0 Å². The molecule has 1 saturated heterocycles. The highest BCUT2D eigenvalue weighted by Gasteiger charge is 2.50. The third kappa shape index (κ3) is 2.77. The molecule has 5 heteroatoms. The van der Waals surface area contributed by atoms with Gasteiger partial charge in [-0.3, -0.25) is 9.69 Å². The molecule has 4 nitrogen and oxygen atoms in total. The van der Waals surface area contributed by atoms with Crippen LogP contribution in [0.3, 0.4) is 0 Å². The smallest absolute Gasteiger partial charge is 0.233 e. The zero-order chi connectivity index (χ0) is 14.0. The zero-order valence-corrected chi connectivity index (χ0v) is 12.8. The van der Waals surface area contributed by atoms with Gasteiger partial charge in [0, 0.05) is 12.6 Å². The van der Waals surface area contributed by atoms with Crippen LogP contribution in [0.25, 0.3) is 0 Å². The van der Waals surface area contributed by atoms with E-state index in [-0.39, 0.29) is 5.91 Å². The van der Waals surface area contributed by atoms with Crippen molar-refractivity contribution < 1.29 is 4.79 Å². The average Bonchev–Trinajstić information content (AvgIpc) is 2.78. The van der Waals surface area contributed by atoms with Crippen LogP contribution in [0.2, 0.25) is 0 Å².